The number of rotatable bonds is 3. The molecule has 4 heterocycles. The van der Waals surface area contributed by atoms with Crippen LogP contribution in [0.5, 0.6) is 0 Å². The van der Waals surface area contributed by atoms with Crippen molar-refractivity contribution in [2.45, 2.75) is 51.2 Å². The molecule has 2 aromatic heterocycles. The Balaban J connectivity index is 1.50. The fraction of sp³-hybridized carbons (Fsp3) is 0.476. The molecule has 1 aromatic carbocycles. The van der Waals surface area contributed by atoms with Gasteiger partial charge >= 0.3 is 0 Å². The quantitative estimate of drug-likeness (QED) is 0.718. The average Bonchev–Trinajstić information content (AvgIpc) is 3.32. The van der Waals surface area contributed by atoms with Gasteiger partial charge in [0, 0.05) is 25.5 Å². The molecular formula is C21H25N5O. The molecule has 0 radical (unpaired) electrons. The second-order valence-corrected chi connectivity index (χ2v) is 7.75. The van der Waals surface area contributed by atoms with E-state index >= 15 is 0 Å². The molecule has 0 bridgehead atoms. The van der Waals surface area contributed by atoms with Crippen molar-refractivity contribution < 1.29 is 0 Å². The normalized spacial score (nSPS) is 20.3. The SMILES string of the molecule is Cn1c(C2CCCN2Cc2ncc3n2CCCC3)nc2ccccc2c1=O. The fourth-order valence-electron chi connectivity index (χ4n) is 4.65. The van der Waals surface area contributed by atoms with Gasteiger partial charge in [-0.3, -0.25) is 14.3 Å². The lowest BCUT2D eigenvalue weighted by atomic mass is 10.1. The zero-order valence-corrected chi connectivity index (χ0v) is 15.8. The van der Waals surface area contributed by atoms with E-state index in [9.17, 15) is 4.79 Å². The Morgan fingerprint density at radius 2 is 2.04 bits per heavy atom. The van der Waals surface area contributed by atoms with Gasteiger partial charge in [0.05, 0.1) is 23.5 Å². The van der Waals surface area contributed by atoms with Crippen molar-refractivity contribution in [3.63, 3.8) is 0 Å². The van der Waals surface area contributed by atoms with Gasteiger partial charge in [0.15, 0.2) is 0 Å². The zero-order chi connectivity index (χ0) is 18.4. The molecular weight excluding hydrogens is 338 g/mol. The summed E-state index contributed by atoms with van der Waals surface area (Å²) in [7, 11) is 1.85. The highest BCUT2D eigenvalue weighted by Crippen LogP contribution is 2.32. The number of aryl methyl sites for hydroxylation is 1. The molecule has 1 fully saturated rings. The molecule has 0 N–H and O–H groups in total. The van der Waals surface area contributed by atoms with Crippen molar-refractivity contribution >= 4 is 10.9 Å². The maximum Gasteiger partial charge on any atom is 0.261 e. The Bertz CT molecular complexity index is 1050. The molecule has 1 atom stereocenters. The second-order valence-electron chi connectivity index (χ2n) is 7.75. The molecule has 0 amide bonds. The Morgan fingerprint density at radius 3 is 2.96 bits per heavy atom. The molecule has 0 aliphatic carbocycles. The Labute approximate surface area is 158 Å². The van der Waals surface area contributed by atoms with E-state index in [-0.39, 0.29) is 11.6 Å². The van der Waals surface area contributed by atoms with Crippen molar-refractivity contribution in [2.75, 3.05) is 6.54 Å². The average molecular weight is 363 g/mol. The lowest BCUT2D eigenvalue weighted by molar-refractivity contribution is 0.225. The van der Waals surface area contributed by atoms with Crippen molar-refractivity contribution in [3.8, 4) is 0 Å². The van der Waals surface area contributed by atoms with Crippen LogP contribution in [0.15, 0.2) is 35.3 Å². The topological polar surface area (TPSA) is 56.0 Å². The van der Waals surface area contributed by atoms with Crippen LogP contribution in [0.1, 0.15) is 49.1 Å². The van der Waals surface area contributed by atoms with E-state index in [1.54, 1.807) is 4.57 Å². The van der Waals surface area contributed by atoms with Crippen LogP contribution in [-0.4, -0.2) is 30.5 Å². The number of hydrogen-bond acceptors (Lipinski definition) is 4. The van der Waals surface area contributed by atoms with Crippen molar-refractivity contribution in [2.24, 2.45) is 7.05 Å². The first kappa shape index (κ1) is 16.7. The smallest absolute Gasteiger partial charge is 0.261 e. The van der Waals surface area contributed by atoms with E-state index in [2.05, 4.69) is 9.47 Å². The lowest BCUT2D eigenvalue weighted by Crippen LogP contribution is -2.31. The van der Waals surface area contributed by atoms with Crippen LogP contribution in [0.2, 0.25) is 0 Å². The van der Waals surface area contributed by atoms with Gasteiger partial charge in [-0.2, -0.15) is 0 Å². The summed E-state index contributed by atoms with van der Waals surface area (Å²) >= 11 is 0. The predicted octanol–water partition coefficient (Wildman–Crippen LogP) is 2.80. The number of likely N-dealkylation sites (tertiary alicyclic amines) is 1. The van der Waals surface area contributed by atoms with Crippen LogP contribution < -0.4 is 5.56 Å². The molecule has 27 heavy (non-hydrogen) atoms. The molecule has 6 heteroatoms. The van der Waals surface area contributed by atoms with Gasteiger partial charge in [0.25, 0.3) is 5.56 Å². The minimum Gasteiger partial charge on any atom is -0.331 e. The van der Waals surface area contributed by atoms with E-state index in [1.165, 1.54) is 18.5 Å². The van der Waals surface area contributed by atoms with E-state index in [4.69, 9.17) is 9.97 Å². The van der Waals surface area contributed by atoms with Gasteiger partial charge in [0.2, 0.25) is 0 Å². The first-order chi connectivity index (χ1) is 13.2. The highest BCUT2D eigenvalue weighted by molar-refractivity contribution is 5.77. The molecule has 3 aromatic rings. The highest BCUT2D eigenvalue weighted by atomic mass is 16.1. The first-order valence-corrected chi connectivity index (χ1v) is 9.95. The van der Waals surface area contributed by atoms with E-state index < -0.39 is 0 Å². The van der Waals surface area contributed by atoms with E-state index in [0.717, 1.165) is 56.1 Å². The molecule has 2 aliphatic rings. The maximum absolute atomic E-state index is 12.8. The molecule has 0 spiro atoms. The van der Waals surface area contributed by atoms with Gasteiger partial charge in [-0.15, -0.1) is 0 Å². The number of benzene rings is 1. The number of para-hydroxylation sites is 1. The van der Waals surface area contributed by atoms with Gasteiger partial charge in [-0.1, -0.05) is 12.1 Å². The van der Waals surface area contributed by atoms with Crippen LogP contribution in [0.25, 0.3) is 10.9 Å². The van der Waals surface area contributed by atoms with Crippen LogP contribution in [0.4, 0.5) is 0 Å². The summed E-state index contributed by atoms with van der Waals surface area (Å²) in [4.78, 5) is 24.8. The minimum absolute atomic E-state index is 0.0423. The van der Waals surface area contributed by atoms with Crippen molar-refractivity contribution in [1.29, 1.82) is 0 Å². The summed E-state index contributed by atoms with van der Waals surface area (Å²) in [5.74, 6) is 2.03. The molecule has 5 rings (SSSR count). The van der Waals surface area contributed by atoms with Crippen LogP contribution in [0, 0.1) is 0 Å². The number of nitrogens with zero attached hydrogens (tertiary/aromatic N) is 5. The number of fused-ring (bicyclic) bond motifs is 2. The van der Waals surface area contributed by atoms with Gasteiger partial charge < -0.3 is 4.57 Å². The lowest BCUT2D eigenvalue weighted by Gasteiger charge is -2.26. The molecule has 2 aliphatic heterocycles. The monoisotopic (exact) mass is 363 g/mol. The van der Waals surface area contributed by atoms with E-state index in [1.807, 2.05) is 37.5 Å². The molecule has 1 unspecified atom stereocenters. The summed E-state index contributed by atoms with van der Waals surface area (Å²) in [5, 5.41) is 0.690. The third kappa shape index (κ3) is 2.79. The Hall–Kier alpha value is -2.47. The van der Waals surface area contributed by atoms with Crippen LogP contribution in [-0.2, 0) is 26.6 Å². The minimum atomic E-state index is 0.0423. The van der Waals surface area contributed by atoms with Gasteiger partial charge in [-0.25, -0.2) is 9.97 Å². The second kappa shape index (κ2) is 6.60. The van der Waals surface area contributed by atoms with Gasteiger partial charge in [-0.05, 0) is 50.8 Å². The molecule has 1 saturated heterocycles. The number of imidazole rings is 1. The molecule has 0 saturated carbocycles. The summed E-state index contributed by atoms with van der Waals surface area (Å²) < 4.78 is 4.14. The highest BCUT2D eigenvalue weighted by Gasteiger charge is 2.31. The largest absolute Gasteiger partial charge is 0.331 e. The summed E-state index contributed by atoms with van der Waals surface area (Å²) in [5.41, 5.74) is 2.20. The zero-order valence-electron chi connectivity index (χ0n) is 15.8. The standard InChI is InChI=1S/C21H25N5O/c1-24-20(23-17-9-3-2-8-16(17)21(24)27)18-10-6-11-25(18)14-19-22-13-15-7-4-5-12-26(15)19/h2-3,8-9,13,18H,4-7,10-12,14H2,1H3. The number of aromatic nitrogens is 4. The number of hydrogen-bond donors (Lipinski definition) is 0. The van der Waals surface area contributed by atoms with Crippen LogP contribution in [0.3, 0.4) is 0 Å². The summed E-state index contributed by atoms with van der Waals surface area (Å²) in [6, 6.07) is 7.81. The molecule has 140 valence electrons. The first-order valence-electron chi connectivity index (χ1n) is 9.95. The van der Waals surface area contributed by atoms with Crippen molar-refractivity contribution in [1.82, 2.24) is 24.0 Å². The third-order valence-electron chi connectivity index (χ3n) is 6.11. The van der Waals surface area contributed by atoms with Gasteiger partial charge in [0.1, 0.15) is 11.6 Å². The van der Waals surface area contributed by atoms with E-state index in [0.29, 0.717) is 5.39 Å². The summed E-state index contributed by atoms with van der Waals surface area (Å²) in [6.07, 6.45) is 7.84. The van der Waals surface area contributed by atoms with Crippen LogP contribution >= 0.6 is 0 Å². The third-order valence-corrected chi connectivity index (χ3v) is 6.11. The Morgan fingerprint density at radius 1 is 1.15 bits per heavy atom. The Kier molecular flexibility index (Phi) is 4.08. The predicted molar refractivity (Wildman–Crippen MR) is 105 cm³/mol. The fourth-order valence-corrected chi connectivity index (χ4v) is 4.65. The maximum atomic E-state index is 12.8. The molecule has 6 nitrogen and oxygen atoms in total. The summed E-state index contributed by atoms with van der Waals surface area (Å²) in [6.45, 7) is 2.93. The van der Waals surface area contributed by atoms with Crippen molar-refractivity contribution in [3.05, 3.63) is 58.2 Å².